The quantitative estimate of drug-likeness (QED) is 0.536. The van der Waals surface area contributed by atoms with E-state index in [2.05, 4.69) is 16.4 Å². The highest BCUT2D eigenvalue weighted by molar-refractivity contribution is 5.85. The van der Waals surface area contributed by atoms with E-state index in [1.54, 1.807) is 13.2 Å². The lowest BCUT2D eigenvalue weighted by atomic mass is 10.1. The Hall–Kier alpha value is -3.67. The summed E-state index contributed by atoms with van der Waals surface area (Å²) < 4.78 is 6.74. The van der Waals surface area contributed by atoms with Crippen LogP contribution in [0.15, 0.2) is 65.7 Å². The molecule has 3 aromatic carbocycles. The minimum Gasteiger partial charge on any atom is -0.497 e. The number of ether oxygens (including phenoxy) is 1. The number of hydrogen-bond acceptors (Lipinski definition) is 4. The number of methoxy groups -OCH3 is 1. The second-order valence-corrected chi connectivity index (χ2v) is 7.29. The number of carbonyl (C=O) groups excluding carboxylic acids is 1. The van der Waals surface area contributed by atoms with Gasteiger partial charge in [0, 0.05) is 19.5 Å². The number of hydrogen-bond donors (Lipinski definition) is 1. The maximum Gasteiger partial charge on any atom is 0.261 e. The van der Waals surface area contributed by atoms with Crippen molar-refractivity contribution in [2.45, 2.75) is 26.4 Å². The molecule has 0 radical (unpaired) electrons. The summed E-state index contributed by atoms with van der Waals surface area (Å²) >= 11 is 0. The fourth-order valence-electron chi connectivity index (χ4n) is 3.52. The Bertz CT molecular complexity index is 1290. The van der Waals surface area contributed by atoms with E-state index in [4.69, 9.17) is 4.74 Å². The molecule has 0 aliphatic heterocycles. The third kappa shape index (κ3) is 4.03. The lowest BCUT2D eigenvalue weighted by Gasteiger charge is -2.09. The molecule has 0 aliphatic rings. The molecule has 1 heterocycles. The Morgan fingerprint density at radius 1 is 1.10 bits per heavy atom. The molecule has 152 valence electrons. The Morgan fingerprint density at radius 3 is 2.73 bits per heavy atom. The molecule has 6 nitrogen and oxygen atoms in total. The normalized spacial score (nSPS) is 11.0. The number of carbonyl (C=O) groups is 1. The lowest BCUT2D eigenvalue weighted by Crippen LogP contribution is -2.27. The summed E-state index contributed by atoms with van der Waals surface area (Å²) in [5, 5.41) is 5.67. The SMILES string of the molecule is COc1ccc2cc(CNC(=O)CCn3cnc4c(C)cccc4c3=O)ccc2c1. The highest BCUT2D eigenvalue weighted by Crippen LogP contribution is 2.21. The van der Waals surface area contributed by atoms with Crippen molar-refractivity contribution in [2.24, 2.45) is 0 Å². The third-order valence-electron chi connectivity index (χ3n) is 5.24. The average molecular weight is 401 g/mol. The summed E-state index contributed by atoms with van der Waals surface area (Å²) in [5.74, 6) is 0.707. The Balaban J connectivity index is 1.38. The van der Waals surface area contributed by atoms with Crippen LogP contribution in [-0.2, 0) is 17.9 Å². The predicted molar refractivity (Wildman–Crippen MR) is 118 cm³/mol. The highest BCUT2D eigenvalue weighted by Gasteiger charge is 2.08. The topological polar surface area (TPSA) is 73.2 Å². The van der Waals surface area contributed by atoms with Gasteiger partial charge in [0.1, 0.15) is 5.75 Å². The van der Waals surface area contributed by atoms with Crippen LogP contribution in [0.5, 0.6) is 5.75 Å². The molecule has 0 saturated heterocycles. The Morgan fingerprint density at radius 2 is 1.90 bits per heavy atom. The second-order valence-electron chi connectivity index (χ2n) is 7.29. The van der Waals surface area contributed by atoms with Gasteiger partial charge in [0.25, 0.3) is 5.56 Å². The molecule has 30 heavy (non-hydrogen) atoms. The van der Waals surface area contributed by atoms with Gasteiger partial charge in [0.2, 0.25) is 5.91 Å². The maximum atomic E-state index is 12.6. The largest absolute Gasteiger partial charge is 0.497 e. The van der Waals surface area contributed by atoms with Crippen LogP contribution < -0.4 is 15.6 Å². The van der Waals surface area contributed by atoms with Crippen LogP contribution >= 0.6 is 0 Å². The second kappa shape index (κ2) is 8.37. The molecule has 0 fully saturated rings. The number of aromatic nitrogens is 2. The van der Waals surface area contributed by atoms with Crippen molar-refractivity contribution >= 4 is 27.6 Å². The predicted octanol–water partition coefficient (Wildman–Crippen LogP) is 3.57. The van der Waals surface area contributed by atoms with Gasteiger partial charge in [0.15, 0.2) is 0 Å². The Kier molecular flexibility index (Phi) is 5.48. The molecular formula is C24H23N3O3. The van der Waals surface area contributed by atoms with E-state index in [1.165, 1.54) is 10.9 Å². The van der Waals surface area contributed by atoms with E-state index in [0.29, 0.717) is 24.0 Å². The van der Waals surface area contributed by atoms with Crippen molar-refractivity contribution in [3.63, 3.8) is 0 Å². The summed E-state index contributed by atoms with van der Waals surface area (Å²) in [6.45, 7) is 2.65. The van der Waals surface area contributed by atoms with Crippen LogP contribution in [0.3, 0.4) is 0 Å². The molecule has 0 atom stereocenters. The molecule has 4 aromatic rings. The van der Waals surface area contributed by atoms with Crippen LogP contribution in [0.4, 0.5) is 0 Å². The van der Waals surface area contributed by atoms with Gasteiger partial charge in [-0.25, -0.2) is 4.98 Å². The number of rotatable bonds is 6. The summed E-state index contributed by atoms with van der Waals surface area (Å²) in [6, 6.07) is 17.5. The van der Waals surface area contributed by atoms with Gasteiger partial charge in [-0.15, -0.1) is 0 Å². The van der Waals surface area contributed by atoms with E-state index >= 15 is 0 Å². The fraction of sp³-hybridized carbons (Fsp3) is 0.208. The molecule has 0 bridgehead atoms. The number of nitrogens with one attached hydrogen (secondary N) is 1. The van der Waals surface area contributed by atoms with Crippen molar-refractivity contribution in [2.75, 3.05) is 7.11 Å². The number of aryl methyl sites for hydroxylation is 2. The number of benzene rings is 3. The van der Waals surface area contributed by atoms with E-state index in [9.17, 15) is 9.59 Å². The summed E-state index contributed by atoms with van der Waals surface area (Å²) in [4.78, 5) is 29.3. The van der Waals surface area contributed by atoms with Crippen LogP contribution in [0.2, 0.25) is 0 Å². The molecule has 4 rings (SSSR count). The first-order valence-electron chi connectivity index (χ1n) is 9.83. The van der Waals surface area contributed by atoms with E-state index in [-0.39, 0.29) is 17.9 Å². The zero-order valence-electron chi connectivity index (χ0n) is 17.0. The van der Waals surface area contributed by atoms with Crippen LogP contribution in [-0.4, -0.2) is 22.6 Å². The number of para-hydroxylation sites is 1. The van der Waals surface area contributed by atoms with Crippen molar-refractivity contribution in [1.82, 2.24) is 14.9 Å². The number of nitrogens with zero attached hydrogens (tertiary/aromatic N) is 2. The molecule has 0 spiro atoms. The monoisotopic (exact) mass is 401 g/mol. The Labute approximate surface area is 174 Å². The van der Waals surface area contributed by atoms with Gasteiger partial charge in [-0.05, 0) is 53.1 Å². The molecular weight excluding hydrogens is 378 g/mol. The van der Waals surface area contributed by atoms with Gasteiger partial charge in [-0.3, -0.25) is 14.2 Å². The first-order valence-corrected chi connectivity index (χ1v) is 9.83. The van der Waals surface area contributed by atoms with Crippen molar-refractivity contribution in [1.29, 1.82) is 0 Å². The standard InChI is InChI=1S/C24H23N3O3/c1-16-4-3-5-21-23(16)26-15-27(24(21)29)11-10-22(28)25-14-17-6-7-19-13-20(30-2)9-8-18(19)12-17/h3-9,12-13,15H,10-11,14H2,1-2H3,(H,25,28). The van der Waals surface area contributed by atoms with Crippen molar-refractivity contribution in [3.8, 4) is 5.75 Å². The van der Waals surface area contributed by atoms with Gasteiger partial charge >= 0.3 is 0 Å². The smallest absolute Gasteiger partial charge is 0.261 e. The maximum absolute atomic E-state index is 12.6. The minimum atomic E-state index is -0.124. The molecule has 0 aliphatic carbocycles. The van der Waals surface area contributed by atoms with Gasteiger partial charge < -0.3 is 10.1 Å². The van der Waals surface area contributed by atoms with Crippen molar-refractivity contribution < 1.29 is 9.53 Å². The van der Waals surface area contributed by atoms with E-state index < -0.39 is 0 Å². The fourth-order valence-corrected chi connectivity index (χ4v) is 3.52. The zero-order chi connectivity index (χ0) is 21.1. The number of fused-ring (bicyclic) bond motifs is 2. The van der Waals surface area contributed by atoms with E-state index in [0.717, 1.165) is 27.6 Å². The van der Waals surface area contributed by atoms with E-state index in [1.807, 2.05) is 49.4 Å². The molecule has 6 heteroatoms. The molecule has 0 unspecified atom stereocenters. The third-order valence-corrected chi connectivity index (χ3v) is 5.24. The van der Waals surface area contributed by atoms with Gasteiger partial charge in [-0.1, -0.05) is 30.3 Å². The molecule has 1 aromatic heterocycles. The summed E-state index contributed by atoms with van der Waals surface area (Å²) in [7, 11) is 1.65. The van der Waals surface area contributed by atoms with Gasteiger partial charge in [-0.2, -0.15) is 0 Å². The molecule has 1 N–H and O–H groups in total. The van der Waals surface area contributed by atoms with Gasteiger partial charge in [0.05, 0.1) is 24.3 Å². The first kappa shape index (κ1) is 19.6. The average Bonchev–Trinajstić information content (AvgIpc) is 2.77. The minimum absolute atomic E-state index is 0.110. The summed E-state index contributed by atoms with van der Waals surface area (Å²) in [5.41, 5.74) is 2.56. The molecule has 0 saturated carbocycles. The lowest BCUT2D eigenvalue weighted by molar-refractivity contribution is -0.121. The summed E-state index contributed by atoms with van der Waals surface area (Å²) in [6.07, 6.45) is 1.73. The molecule has 1 amide bonds. The van der Waals surface area contributed by atoms with Crippen LogP contribution in [0.25, 0.3) is 21.7 Å². The van der Waals surface area contributed by atoms with Crippen molar-refractivity contribution in [3.05, 3.63) is 82.4 Å². The van der Waals surface area contributed by atoms with Crippen LogP contribution in [0, 0.1) is 6.92 Å². The number of amides is 1. The van der Waals surface area contributed by atoms with Crippen LogP contribution in [0.1, 0.15) is 17.5 Å². The first-order chi connectivity index (χ1) is 14.5. The highest BCUT2D eigenvalue weighted by atomic mass is 16.5. The zero-order valence-corrected chi connectivity index (χ0v) is 17.0.